The fourth-order valence-electron chi connectivity index (χ4n) is 4.24. The van der Waals surface area contributed by atoms with Crippen LogP contribution in [-0.2, 0) is 0 Å². The molecule has 1 amide bonds. The molecule has 0 unspecified atom stereocenters. The lowest BCUT2D eigenvalue weighted by atomic mass is 9.89. The van der Waals surface area contributed by atoms with Gasteiger partial charge < -0.3 is 20.9 Å². The van der Waals surface area contributed by atoms with Crippen LogP contribution in [-0.4, -0.2) is 54.0 Å². The largest absolute Gasteiger partial charge is 0.364 e. The fourth-order valence-corrected chi connectivity index (χ4v) is 4.24. The number of rotatable bonds is 5. The Hall–Kier alpha value is -2.67. The van der Waals surface area contributed by atoms with Crippen LogP contribution in [0.3, 0.4) is 0 Å². The van der Waals surface area contributed by atoms with Crippen LogP contribution in [0.4, 0.5) is 17.3 Å². The van der Waals surface area contributed by atoms with E-state index >= 15 is 0 Å². The lowest BCUT2D eigenvalue weighted by molar-refractivity contribution is 0.0996. The zero-order valence-corrected chi connectivity index (χ0v) is 17.1. The van der Waals surface area contributed by atoms with E-state index in [9.17, 15) is 4.79 Å². The maximum absolute atomic E-state index is 11.8. The summed E-state index contributed by atoms with van der Waals surface area (Å²) in [5, 5.41) is 3.26. The number of aromatic nitrogens is 2. The van der Waals surface area contributed by atoms with Gasteiger partial charge in [-0.3, -0.25) is 4.79 Å². The van der Waals surface area contributed by atoms with Crippen LogP contribution in [0.25, 0.3) is 0 Å². The number of primary amides is 1. The number of carbonyl (C=O) groups excluding carboxylic acids is 1. The maximum Gasteiger partial charge on any atom is 0.271 e. The fraction of sp³-hybridized carbons (Fsp3) is 0.500. The second kappa shape index (κ2) is 8.78. The van der Waals surface area contributed by atoms with Gasteiger partial charge in [0.25, 0.3) is 5.91 Å². The normalized spacial score (nSPS) is 18.6. The molecular formula is C22H30N6O. The third-order valence-electron chi connectivity index (χ3n) is 6.04. The molecule has 2 aliphatic heterocycles. The summed E-state index contributed by atoms with van der Waals surface area (Å²) < 4.78 is 0. The van der Waals surface area contributed by atoms with Gasteiger partial charge >= 0.3 is 0 Å². The highest BCUT2D eigenvalue weighted by molar-refractivity contribution is 5.96. The Labute approximate surface area is 172 Å². The summed E-state index contributed by atoms with van der Waals surface area (Å²) in [5.74, 6) is 1.25. The number of nitrogens with zero attached hydrogens (tertiary/aromatic N) is 4. The molecule has 0 atom stereocenters. The summed E-state index contributed by atoms with van der Waals surface area (Å²) >= 11 is 0. The molecule has 2 aliphatic rings. The van der Waals surface area contributed by atoms with E-state index in [0.717, 1.165) is 50.5 Å². The van der Waals surface area contributed by atoms with Crippen LogP contribution in [0.1, 0.15) is 54.1 Å². The first kappa shape index (κ1) is 19.6. The molecule has 7 nitrogen and oxygen atoms in total. The first-order valence-corrected chi connectivity index (χ1v) is 10.6. The van der Waals surface area contributed by atoms with Gasteiger partial charge in [-0.15, -0.1) is 0 Å². The standard InChI is InChI=1S/C22H30N6O/c1-27-13-9-17(10-14-27)16-5-7-18(8-6-16)25-22-20(21(23)29)24-15-19(26-22)28-11-3-2-4-12-28/h5-8,15,17H,2-4,9-14H2,1H3,(H2,23,29)(H,25,26). The van der Waals surface area contributed by atoms with Gasteiger partial charge in [0.05, 0.1) is 6.20 Å². The molecular weight excluding hydrogens is 364 g/mol. The average molecular weight is 395 g/mol. The number of carbonyl (C=O) groups is 1. The Bertz CT molecular complexity index is 839. The minimum atomic E-state index is -0.576. The number of likely N-dealkylation sites (tertiary alicyclic amines) is 1. The van der Waals surface area contributed by atoms with E-state index in [4.69, 9.17) is 5.73 Å². The van der Waals surface area contributed by atoms with E-state index in [2.05, 4.69) is 44.3 Å². The molecule has 29 heavy (non-hydrogen) atoms. The smallest absolute Gasteiger partial charge is 0.271 e. The van der Waals surface area contributed by atoms with Gasteiger partial charge in [0.15, 0.2) is 11.5 Å². The molecule has 3 N–H and O–H groups in total. The van der Waals surface area contributed by atoms with Crippen LogP contribution in [0.15, 0.2) is 30.5 Å². The van der Waals surface area contributed by atoms with E-state index in [1.165, 1.54) is 24.8 Å². The van der Waals surface area contributed by atoms with Crippen LogP contribution >= 0.6 is 0 Å². The van der Waals surface area contributed by atoms with E-state index < -0.39 is 5.91 Å². The monoisotopic (exact) mass is 394 g/mol. The number of hydrogen-bond donors (Lipinski definition) is 2. The molecule has 7 heteroatoms. The number of nitrogens with two attached hydrogens (primary N) is 1. The van der Waals surface area contributed by atoms with E-state index in [-0.39, 0.29) is 5.69 Å². The molecule has 1 aromatic carbocycles. The summed E-state index contributed by atoms with van der Waals surface area (Å²) in [7, 11) is 2.18. The number of benzene rings is 1. The number of anilines is 3. The molecule has 0 radical (unpaired) electrons. The molecule has 2 aromatic rings. The van der Waals surface area contributed by atoms with Gasteiger partial charge in [-0.2, -0.15) is 0 Å². The topological polar surface area (TPSA) is 87.4 Å². The summed E-state index contributed by atoms with van der Waals surface area (Å²) in [6.07, 6.45) is 7.59. The Morgan fingerprint density at radius 3 is 2.41 bits per heavy atom. The second-order valence-electron chi connectivity index (χ2n) is 8.16. The van der Waals surface area contributed by atoms with Crippen molar-refractivity contribution in [2.45, 2.75) is 38.0 Å². The molecule has 0 saturated carbocycles. The molecule has 154 valence electrons. The van der Waals surface area contributed by atoms with Crippen molar-refractivity contribution in [2.75, 3.05) is 43.4 Å². The lowest BCUT2D eigenvalue weighted by Gasteiger charge is -2.29. The Morgan fingerprint density at radius 2 is 1.76 bits per heavy atom. The zero-order chi connectivity index (χ0) is 20.2. The van der Waals surface area contributed by atoms with Crippen LogP contribution in [0, 0.1) is 0 Å². The zero-order valence-electron chi connectivity index (χ0n) is 17.1. The van der Waals surface area contributed by atoms with Crippen molar-refractivity contribution in [1.29, 1.82) is 0 Å². The number of hydrogen-bond acceptors (Lipinski definition) is 6. The molecule has 0 bridgehead atoms. The van der Waals surface area contributed by atoms with Gasteiger partial charge in [-0.1, -0.05) is 12.1 Å². The highest BCUT2D eigenvalue weighted by Crippen LogP contribution is 2.29. The Balaban J connectivity index is 1.52. The SMILES string of the molecule is CN1CCC(c2ccc(Nc3nc(N4CCCCC4)cnc3C(N)=O)cc2)CC1. The van der Waals surface area contributed by atoms with Gasteiger partial charge in [-0.25, -0.2) is 9.97 Å². The predicted molar refractivity (Wildman–Crippen MR) is 116 cm³/mol. The van der Waals surface area contributed by atoms with Crippen LogP contribution < -0.4 is 16.0 Å². The molecule has 0 aliphatic carbocycles. The van der Waals surface area contributed by atoms with Gasteiger partial charge in [0, 0.05) is 18.8 Å². The number of piperidine rings is 2. The third kappa shape index (κ3) is 4.67. The van der Waals surface area contributed by atoms with Gasteiger partial charge in [0.1, 0.15) is 5.82 Å². The predicted octanol–water partition coefficient (Wildman–Crippen LogP) is 3.12. The molecule has 2 saturated heterocycles. The second-order valence-corrected chi connectivity index (χ2v) is 8.16. The molecule has 2 fully saturated rings. The quantitative estimate of drug-likeness (QED) is 0.810. The van der Waals surface area contributed by atoms with E-state index in [1.54, 1.807) is 6.20 Å². The first-order valence-electron chi connectivity index (χ1n) is 10.6. The van der Waals surface area contributed by atoms with Crippen molar-refractivity contribution in [3.8, 4) is 0 Å². The molecule has 3 heterocycles. The minimum absolute atomic E-state index is 0.171. The van der Waals surface area contributed by atoms with Crippen molar-refractivity contribution in [3.05, 3.63) is 41.7 Å². The Kier molecular flexibility index (Phi) is 5.94. The van der Waals surface area contributed by atoms with E-state index in [1.807, 2.05) is 12.1 Å². The summed E-state index contributed by atoms with van der Waals surface area (Å²) in [6.45, 7) is 4.22. The van der Waals surface area contributed by atoms with Crippen molar-refractivity contribution < 1.29 is 4.79 Å². The summed E-state index contributed by atoms with van der Waals surface area (Å²) in [4.78, 5) is 25.4. The van der Waals surface area contributed by atoms with Crippen molar-refractivity contribution in [3.63, 3.8) is 0 Å². The highest BCUT2D eigenvalue weighted by Gasteiger charge is 2.20. The van der Waals surface area contributed by atoms with Gasteiger partial charge in [-0.05, 0) is 75.9 Å². The highest BCUT2D eigenvalue weighted by atomic mass is 16.1. The van der Waals surface area contributed by atoms with Crippen LogP contribution in [0.5, 0.6) is 0 Å². The summed E-state index contributed by atoms with van der Waals surface area (Å²) in [5.41, 5.74) is 7.95. The third-order valence-corrected chi connectivity index (χ3v) is 6.04. The number of nitrogens with one attached hydrogen (secondary N) is 1. The maximum atomic E-state index is 11.8. The van der Waals surface area contributed by atoms with Crippen molar-refractivity contribution in [1.82, 2.24) is 14.9 Å². The molecule has 0 spiro atoms. The summed E-state index contributed by atoms with van der Waals surface area (Å²) in [6, 6.07) is 8.44. The minimum Gasteiger partial charge on any atom is -0.364 e. The molecule has 4 rings (SSSR count). The lowest BCUT2D eigenvalue weighted by Crippen LogP contribution is -2.31. The van der Waals surface area contributed by atoms with Crippen molar-refractivity contribution >= 4 is 23.2 Å². The van der Waals surface area contributed by atoms with Crippen molar-refractivity contribution in [2.24, 2.45) is 5.73 Å². The van der Waals surface area contributed by atoms with Gasteiger partial charge in [0.2, 0.25) is 0 Å². The first-order chi connectivity index (χ1) is 14.1. The average Bonchev–Trinajstić information content (AvgIpc) is 2.75. The number of amides is 1. The van der Waals surface area contributed by atoms with Crippen LogP contribution in [0.2, 0.25) is 0 Å². The Morgan fingerprint density at radius 1 is 1.07 bits per heavy atom. The van der Waals surface area contributed by atoms with E-state index in [0.29, 0.717) is 11.7 Å². The molecule has 1 aromatic heterocycles.